The highest BCUT2D eigenvalue weighted by molar-refractivity contribution is 5.87. The van der Waals surface area contributed by atoms with Crippen molar-refractivity contribution >= 4 is 5.97 Å². The molecule has 2 N–H and O–H groups in total. The minimum atomic E-state index is -0.900. The maximum absolute atomic E-state index is 10.9. The summed E-state index contributed by atoms with van der Waals surface area (Å²) in [5.74, 6) is -0.900. The van der Waals surface area contributed by atoms with E-state index < -0.39 is 5.97 Å². The highest BCUT2D eigenvalue weighted by Gasteiger charge is 2.11. The third kappa shape index (κ3) is 3.24. The van der Waals surface area contributed by atoms with Crippen molar-refractivity contribution in [3.8, 4) is 0 Å². The maximum Gasteiger partial charge on any atom is 0.335 e. The van der Waals surface area contributed by atoms with E-state index in [4.69, 9.17) is 5.11 Å². The second kappa shape index (κ2) is 5.88. The molecule has 0 amide bonds. The van der Waals surface area contributed by atoms with Gasteiger partial charge in [0.15, 0.2) is 0 Å². The number of carbonyl (C=O) groups is 1. The molecule has 0 fully saturated rings. The van der Waals surface area contributed by atoms with E-state index in [0.29, 0.717) is 12.1 Å². The van der Waals surface area contributed by atoms with Crippen LogP contribution in [0, 0.1) is 6.92 Å². The zero-order valence-corrected chi connectivity index (χ0v) is 11.9. The third-order valence-corrected chi connectivity index (χ3v) is 3.30. The predicted molar refractivity (Wildman–Crippen MR) is 76.6 cm³/mol. The van der Waals surface area contributed by atoms with Gasteiger partial charge in [0.2, 0.25) is 0 Å². The van der Waals surface area contributed by atoms with Crippen LogP contribution < -0.4 is 5.32 Å². The Morgan fingerprint density at radius 3 is 2.85 bits per heavy atom. The number of hydrogen-bond donors (Lipinski definition) is 2. The van der Waals surface area contributed by atoms with Gasteiger partial charge in [-0.3, -0.25) is 4.68 Å². The van der Waals surface area contributed by atoms with Gasteiger partial charge in [0.25, 0.3) is 0 Å². The van der Waals surface area contributed by atoms with Crippen LogP contribution in [0.15, 0.2) is 30.5 Å². The van der Waals surface area contributed by atoms with Crippen molar-refractivity contribution in [2.75, 3.05) is 0 Å². The fourth-order valence-corrected chi connectivity index (χ4v) is 2.24. The van der Waals surface area contributed by atoms with E-state index in [1.807, 2.05) is 26.2 Å². The van der Waals surface area contributed by atoms with Gasteiger partial charge in [0.05, 0.1) is 11.3 Å². The summed E-state index contributed by atoms with van der Waals surface area (Å²) in [6.07, 6.45) is 2.00. The molecule has 1 unspecified atom stereocenters. The van der Waals surface area contributed by atoms with Crippen molar-refractivity contribution < 1.29 is 9.90 Å². The van der Waals surface area contributed by atoms with Gasteiger partial charge in [-0.1, -0.05) is 12.1 Å². The number of aromatic nitrogens is 2. The number of benzene rings is 1. The van der Waals surface area contributed by atoms with Gasteiger partial charge in [-0.25, -0.2) is 4.79 Å². The van der Waals surface area contributed by atoms with Crippen LogP contribution in [0.5, 0.6) is 0 Å². The smallest absolute Gasteiger partial charge is 0.335 e. The van der Waals surface area contributed by atoms with E-state index >= 15 is 0 Å². The zero-order valence-electron chi connectivity index (χ0n) is 11.9. The first-order chi connectivity index (χ1) is 9.47. The Labute approximate surface area is 118 Å². The van der Waals surface area contributed by atoms with Crippen molar-refractivity contribution in [2.24, 2.45) is 7.05 Å². The first kappa shape index (κ1) is 14.3. The summed E-state index contributed by atoms with van der Waals surface area (Å²) in [6, 6.07) is 7.14. The van der Waals surface area contributed by atoms with E-state index in [-0.39, 0.29) is 6.04 Å². The largest absolute Gasteiger partial charge is 0.478 e. The van der Waals surface area contributed by atoms with Crippen molar-refractivity contribution in [3.63, 3.8) is 0 Å². The normalized spacial score (nSPS) is 12.3. The molecule has 20 heavy (non-hydrogen) atoms. The lowest BCUT2D eigenvalue weighted by molar-refractivity contribution is 0.0696. The van der Waals surface area contributed by atoms with Crippen LogP contribution in [0.1, 0.15) is 40.1 Å². The van der Waals surface area contributed by atoms with E-state index in [1.165, 1.54) is 0 Å². The van der Waals surface area contributed by atoms with E-state index in [2.05, 4.69) is 17.3 Å². The number of aryl methyl sites for hydroxylation is 2. The Morgan fingerprint density at radius 1 is 1.50 bits per heavy atom. The van der Waals surface area contributed by atoms with Crippen LogP contribution in [-0.2, 0) is 13.6 Å². The molecule has 0 saturated heterocycles. The molecule has 106 valence electrons. The van der Waals surface area contributed by atoms with Crippen molar-refractivity contribution in [2.45, 2.75) is 26.4 Å². The Kier molecular flexibility index (Phi) is 4.20. The third-order valence-electron chi connectivity index (χ3n) is 3.30. The zero-order chi connectivity index (χ0) is 14.7. The molecule has 1 aromatic heterocycles. The van der Waals surface area contributed by atoms with Crippen LogP contribution >= 0.6 is 0 Å². The Bertz CT molecular complexity index is 619. The summed E-state index contributed by atoms with van der Waals surface area (Å²) >= 11 is 0. The first-order valence-corrected chi connectivity index (χ1v) is 6.53. The van der Waals surface area contributed by atoms with Crippen molar-refractivity contribution in [1.82, 2.24) is 15.1 Å². The average molecular weight is 273 g/mol. The fourth-order valence-electron chi connectivity index (χ4n) is 2.24. The summed E-state index contributed by atoms with van der Waals surface area (Å²) in [7, 11) is 1.90. The van der Waals surface area contributed by atoms with E-state index in [1.54, 1.807) is 22.9 Å². The van der Waals surface area contributed by atoms with Crippen LogP contribution in [0.4, 0.5) is 0 Å². The SMILES string of the molecule is Cc1nn(C)cc1C(C)NCc1cccc(C(=O)O)c1. The van der Waals surface area contributed by atoms with Gasteiger partial charge in [-0.2, -0.15) is 5.10 Å². The van der Waals surface area contributed by atoms with Gasteiger partial charge in [-0.15, -0.1) is 0 Å². The molecule has 0 saturated carbocycles. The van der Waals surface area contributed by atoms with Crippen LogP contribution in [0.2, 0.25) is 0 Å². The number of carboxylic acids is 1. The molecule has 0 aliphatic rings. The summed E-state index contributed by atoms with van der Waals surface area (Å²) in [5, 5.41) is 16.7. The molecule has 0 aliphatic carbocycles. The number of carboxylic acid groups (broad SMARTS) is 1. The topological polar surface area (TPSA) is 67.2 Å². The highest BCUT2D eigenvalue weighted by atomic mass is 16.4. The maximum atomic E-state index is 10.9. The monoisotopic (exact) mass is 273 g/mol. The predicted octanol–water partition coefficient (Wildman–Crippen LogP) is 2.28. The molecule has 5 nitrogen and oxygen atoms in total. The van der Waals surface area contributed by atoms with Crippen LogP contribution in [-0.4, -0.2) is 20.9 Å². The minimum Gasteiger partial charge on any atom is -0.478 e. The quantitative estimate of drug-likeness (QED) is 0.877. The lowest BCUT2D eigenvalue weighted by Crippen LogP contribution is -2.18. The number of nitrogens with one attached hydrogen (secondary N) is 1. The Balaban J connectivity index is 2.03. The summed E-state index contributed by atoms with van der Waals surface area (Å²) < 4.78 is 1.80. The molecule has 0 radical (unpaired) electrons. The molecule has 5 heteroatoms. The summed E-state index contributed by atoms with van der Waals surface area (Å²) in [5.41, 5.74) is 3.43. The molecule has 2 rings (SSSR count). The fraction of sp³-hybridized carbons (Fsp3) is 0.333. The van der Waals surface area contributed by atoms with Gasteiger partial charge in [-0.05, 0) is 31.5 Å². The lowest BCUT2D eigenvalue weighted by atomic mass is 10.1. The van der Waals surface area contributed by atoms with Crippen molar-refractivity contribution in [1.29, 1.82) is 0 Å². The van der Waals surface area contributed by atoms with E-state index in [0.717, 1.165) is 16.8 Å². The second-order valence-electron chi connectivity index (χ2n) is 4.95. The Hall–Kier alpha value is -2.14. The molecular formula is C15H19N3O2. The number of nitrogens with zero attached hydrogens (tertiary/aromatic N) is 2. The van der Waals surface area contributed by atoms with Gasteiger partial charge in [0.1, 0.15) is 0 Å². The van der Waals surface area contributed by atoms with Gasteiger partial charge >= 0.3 is 5.97 Å². The molecule has 1 aromatic carbocycles. The summed E-state index contributed by atoms with van der Waals surface area (Å²) in [4.78, 5) is 10.9. The molecule has 0 aliphatic heterocycles. The van der Waals surface area contributed by atoms with Gasteiger partial charge < -0.3 is 10.4 Å². The molecule has 2 aromatic rings. The van der Waals surface area contributed by atoms with E-state index in [9.17, 15) is 4.79 Å². The number of hydrogen-bond acceptors (Lipinski definition) is 3. The molecule has 0 bridgehead atoms. The molecule has 0 spiro atoms. The second-order valence-corrected chi connectivity index (χ2v) is 4.95. The number of aromatic carboxylic acids is 1. The average Bonchev–Trinajstić information content (AvgIpc) is 2.75. The minimum absolute atomic E-state index is 0.164. The van der Waals surface area contributed by atoms with Crippen LogP contribution in [0.3, 0.4) is 0 Å². The molecule has 1 atom stereocenters. The van der Waals surface area contributed by atoms with Crippen molar-refractivity contribution in [3.05, 3.63) is 52.8 Å². The summed E-state index contributed by atoms with van der Waals surface area (Å²) in [6.45, 7) is 4.68. The molecular weight excluding hydrogens is 254 g/mol. The standard InChI is InChI=1S/C15H19N3O2/c1-10(14-9-18(3)17-11(14)2)16-8-12-5-4-6-13(7-12)15(19)20/h4-7,9-10,16H,8H2,1-3H3,(H,19,20). The molecule has 1 heterocycles. The first-order valence-electron chi connectivity index (χ1n) is 6.53. The Morgan fingerprint density at radius 2 is 2.25 bits per heavy atom. The van der Waals surface area contributed by atoms with Crippen LogP contribution in [0.25, 0.3) is 0 Å². The lowest BCUT2D eigenvalue weighted by Gasteiger charge is -2.13. The number of rotatable bonds is 5. The van der Waals surface area contributed by atoms with Gasteiger partial charge in [0, 0.05) is 31.4 Å². The highest BCUT2D eigenvalue weighted by Crippen LogP contribution is 2.16.